The van der Waals surface area contributed by atoms with Crippen LogP contribution in [0.2, 0.25) is 0 Å². The predicted molar refractivity (Wildman–Crippen MR) is 47.9 cm³/mol. The zero-order valence-electron chi connectivity index (χ0n) is 5.74. The number of benzene rings is 1. The molecule has 0 atom stereocenters. The fourth-order valence-corrected chi connectivity index (χ4v) is 1.20. The molecule has 0 spiro atoms. The van der Waals surface area contributed by atoms with Crippen LogP contribution in [0.5, 0.6) is 5.75 Å². The second-order valence-corrected chi connectivity index (χ2v) is 2.50. The highest BCUT2D eigenvalue weighted by molar-refractivity contribution is 7.75. The van der Waals surface area contributed by atoms with E-state index in [0.29, 0.717) is 0 Å². The topological polar surface area (TPSA) is 25.0 Å². The third-order valence-electron chi connectivity index (χ3n) is 1.63. The Bertz CT molecular complexity index is 369. The van der Waals surface area contributed by atoms with E-state index in [9.17, 15) is 0 Å². The van der Waals surface area contributed by atoms with Crippen LogP contribution in [0.4, 0.5) is 0 Å². The minimum Gasteiger partial charge on any atom is -0.429 e. The van der Waals surface area contributed by atoms with Gasteiger partial charge in [-0.25, -0.2) is 0 Å². The van der Waals surface area contributed by atoms with Crippen molar-refractivity contribution in [3.05, 3.63) is 30.5 Å². The summed E-state index contributed by atoms with van der Waals surface area (Å²) in [5.41, 5.74) is 1.11. The zero-order valence-corrected chi connectivity index (χ0v) is 6.64. The first-order valence-corrected chi connectivity index (χ1v) is 3.65. The van der Waals surface area contributed by atoms with Crippen LogP contribution in [0, 0.1) is 0 Å². The van der Waals surface area contributed by atoms with Gasteiger partial charge in [0.05, 0.1) is 0 Å². The lowest BCUT2D eigenvalue weighted by Gasteiger charge is -1.95. The van der Waals surface area contributed by atoms with Crippen molar-refractivity contribution in [1.29, 1.82) is 0 Å². The Labute approximate surface area is 69.8 Å². The molecule has 0 unspecified atom stereocenters. The minimum absolute atomic E-state index is 0.764. The maximum absolute atomic E-state index is 4.77. The molecule has 2 aromatic rings. The number of hydrogen-bond acceptors (Lipinski definition) is 2. The third-order valence-corrected chi connectivity index (χ3v) is 1.84. The monoisotopic (exact) mass is 165 g/mol. The molecular formula is C8H7NOS. The lowest BCUT2D eigenvalue weighted by molar-refractivity contribution is 0.660. The van der Waals surface area contributed by atoms with Gasteiger partial charge in [0.2, 0.25) is 0 Å². The summed E-state index contributed by atoms with van der Waals surface area (Å²) in [7, 11) is 0. The molecule has 1 N–H and O–H groups in total. The SMILES string of the molecule is SOc1ccc2[nH]ccc2c1. The Balaban J connectivity index is 2.67. The first kappa shape index (κ1) is 6.61. The molecule has 0 aliphatic heterocycles. The number of aromatic nitrogens is 1. The van der Waals surface area contributed by atoms with Crippen LogP contribution in [0.1, 0.15) is 0 Å². The maximum Gasteiger partial charge on any atom is 0.137 e. The Morgan fingerprint density at radius 2 is 2.18 bits per heavy atom. The number of fused-ring (bicyclic) bond motifs is 1. The molecule has 3 heteroatoms. The fourth-order valence-electron chi connectivity index (χ4n) is 1.09. The molecule has 0 aliphatic rings. The molecule has 11 heavy (non-hydrogen) atoms. The van der Waals surface area contributed by atoms with Crippen LogP contribution in [0.3, 0.4) is 0 Å². The van der Waals surface area contributed by atoms with Crippen molar-refractivity contribution in [2.45, 2.75) is 0 Å². The van der Waals surface area contributed by atoms with Crippen molar-refractivity contribution < 1.29 is 4.18 Å². The van der Waals surface area contributed by atoms with Gasteiger partial charge in [-0.1, -0.05) is 0 Å². The average Bonchev–Trinajstić information content (AvgIpc) is 2.50. The highest BCUT2D eigenvalue weighted by Gasteiger charge is 1.95. The summed E-state index contributed by atoms with van der Waals surface area (Å²) in [6.45, 7) is 0. The van der Waals surface area contributed by atoms with Crippen molar-refractivity contribution in [1.82, 2.24) is 4.98 Å². The molecule has 2 nitrogen and oxygen atoms in total. The molecule has 0 aliphatic carbocycles. The largest absolute Gasteiger partial charge is 0.429 e. The van der Waals surface area contributed by atoms with E-state index >= 15 is 0 Å². The number of nitrogens with one attached hydrogen (secondary N) is 1. The summed E-state index contributed by atoms with van der Waals surface area (Å²) in [5, 5.41) is 1.14. The van der Waals surface area contributed by atoms with Crippen LogP contribution >= 0.6 is 12.9 Å². The van der Waals surface area contributed by atoms with E-state index in [1.165, 1.54) is 0 Å². The average molecular weight is 165 g/mol. The van der Waals surface area contributed by atoms with E-state index in [-0.39, 0.29) is 0 Å². The van der Waals surface area contributed by atoms with E-state index in [1.54, 1.807) is 0 Å². The van der Waals surface area contributed by atoms with Gasteiger partial charge in [-0.2, -0.15) is 0 Å². The molecule has 0 saturated carbocycles. The standard InChI is InChI=1S/C8H7NOS/c11-10-7-1-2-8-6(5-7)3-4-9-8/h1-5,9,11H. The third kappa shape index (κ3) is 1.07. The molecule has 0 bridgehead atoms. The van der Waals surface area contributed by atoms with Gasteiger partial charge in [0.1, 0.15) is 5.75 Å². The van der Waals surface area contributed by atoms with Crippen molar-refractivity contribution >= 4 is 23.8 Å². The van der Waals surface area contributed by atoms with Crippen molar-refractivity contribution in [3.63, 3.8) is 0 Å². The number of rotatable bonds is 1. The van der Waals surface area contributed by atoms with E-state index < -0.39 is 0 Å². The maximum atomic E-state index is 4.77. The summed E-state index contributed by atoms with van der Waals surface area (Å²) in [6.07, 6.45) is 1.90. The van der Waals surface area contributed by atoms with E-state index in [2.05, 4.69) is 17.9 Å². The highest BCUT2D eigenvalue weighted by atomic mass is 32.1. The number of thiol groups is 1. The van der Waals surface area contributed by atoms with Crippen LogP contribution in [0.15, 0.2) is 30.5 Å². The first-order valence-electron chi connectivity index (χ1n) is 3.29. The summed E-state index contributed by atoms with van der Waals surface area (Å²) in [6, 6.07) is 7.75. The van der Waals surface area contributed by atoms with Gasteiger partial charge in [-0.15, -0.1) is 0 Å². The Kier molecular flexibility index (Phi) is 1.51. The molecule has 1 aromatic heterocycles. The molecule has 0 fully saturated rings. The molecule has 0 amide bonds. The smallest absolute Gasteiger partial charge is 0.137 e. The molecule has 0 radical (unpaired) electrons. The molecule has 1 heterocycles. The highest BCUT2D eigenvalue weighted by Crippen LogP contribution is 2.19. The first-order chi connectivity index (χ1) is 5.40. The van der Waals surface area contributed by atoms with Crippen LogP contribution in [-0.2, 0) is 0 Å². The van der Waals surface area contributed by atoms with Gasteiger partial charge in [-0.05, 0) is 24.3 Å². The fraction of sp³-hybridized carbons (Fsp3) is 0. The summed E-state index contributed by atoms with van der Waals surface area (Å²) in [5.74, 6) is 0.764. The van der Waals surface area contributed by atoms with Crippen molar-refractivity contribution in [3.8, 4) is 5.75 Å². The predicted octanol–water partition coefficient (Wildman–Crippen LogP) is 2.39. The molecule has 1 aromatic carbocycles. The molecular weight excluding hydrogens is 158 g/mol. The van der Waals surface area contributed by atoms with Gasteiger partial charge in [-0.3, -0.25) is 0 Å². The van der Waals surface area contributed by atoms with Gasteiger partial charge in [0.15, 0.2) is 0 Å². The van der Waals surface area contributed by atoms with Gasteiger partial charge < -0.3 is 9.17 Å². The second kappa shape index (κ2) is 2.51. The number of aromatic amines is 1. The summed E-state index contributed by atoms with van der Waals surface area (Å²) in [4.78, 5) is 3.09. The Morgan fingerprint density at radius 3 is 3.00 bits per heavy atom. The van der Waals surface area contributed by atoms with E-state index in [0.717, 1.165) is 16.7 Å². The van der Waals surface area contributed by atoms with E-state index in [1.807, 2.05) is 30.5 Å². The number of hydrogen-bond donors (Lipinski definition) is 2. The van der Waals surface area contributed by atoms with Gasteiger partial charge in [0, 0.05) is 30.0 Å². The van der Waals surface area contributed by atoms with Crippen LogP contribution in [0.25, 0.3) is 10.9 Å². The normalized spacial score (nSPS) is 10.3. The molecule has 2 rings (SSSR count). The minimum atomic E-state index is 0.764. The number of H-pyrrole nitrogens is 1. The summed E-state index contributed by atoms with van der Waals surface area (Å²) < 4.78 is 4.77. The van der Waals surface area contributed by atoms with Crippen LogP contribution in [-0.4, -0.2) is 4.98 Å². The second-order valence-electron chi connectivity index (χ2n) is 2.32. The lowest BCUT2D eigenvalue weighted by Crippen LogP contribution is -1.73. The van der Waals surface area contributed by atoms with Crippen molar-refractivity contribution in [2.24, 2.45) is 0 Å². The van der Waals surface area contributed by atoms with Gasteiger partial charge in [0.25, 0.3) is 0 Å². The lowest BCUT2D eigenvalue weighted by atomic mass is 10.2. The van der Waals surface area contributed by atoms with Crippen LogP contribution < -0.4 is 4.18 Å². The molecule has 56 valence electrons. The Morgan fingerprint density at radius 1 is 1.27 bits per heavy atom. The quantitative estimate of drug-likeness (QED) is 0.492. The molecule has 0 saturated heterocycles. The summed E-state index contributed by atoms with van der Waals surface area (Å²) >= 11 is 3.71. The Hall–Kier alpha value is -1.09. The van der Waals surface area contributed by atoms with Crippen molar-refractivity contribution in [2.75, 3.05) is 0 Å². The zero-order chi connectivity index (χ0) is 7.68. The van der Waals surface area contributed by atoms with E-state index in [4.69, 9.17) is 4.18 Å². The van der Waals surface area contributed by atoms with Gasteiger partial charge >= 0.3 is 0 Å².